The molecule has 1 aromatic carbocycles. The van der Waals surface area contributed by atoms with Crippen LogP contribution in [0.5, 0.6) is 0 Å². The summed E-state index contributed by atoms with van der Waals surface area (Å²) in [6.45, 7) is 8.47. The van der Waals surface area contributed by atoms with E-state index >= 15 is 0 Å². The zero-order chi connectivity index (χ0) is 13.5. The molecule has 0 unspecified atom stereocenters. The monoisotopic (exact) mass is 252 g/mol. The van der Waals surface area contributed by atoms with Gasteiger partial charge in [-0.25, -0.2) is 4.98 Å². The van der Waals surface area contributed by atoms with Crippen molar-refractivity contribution in [3.63, 3.8) is 0 Å². The van der Waals surface area contributed by atoms with Gasteiger partial charge in [0.25, 0.3) is 0 Å². The van der Waals surface area contributed by atoms with Gasteiger partial charge in [-0.05, 0) is 18.4 Å². The fraction of sp³-hybridized carbons (Fsp3) is 0.235. The van der Waals surface area contributed by atoms with E-state index in [0.29, 0.717) is 0 Å². The first-order chi connectivity index (χ1) is 9.35. The van der Waals surface area contributed by atoms with Gasteiger partial charge in [0.2, 0.25) is 0 Å². The molecule has 0 saturated carbocycles. The molecular weight excluding hydrogens is 232 g/mol. The lowest BCUT2D eigenvalue weighted by molar-refractivity contribution is 0.730. The van der Waals surface area contributed by atoms with E-state index in [1.165, 1.54) is 11.3 Å². The van der Waals surface area contributed by atoms with Gasteiger partial charge in [-0.1, -0.05) is 42.5 Å². The van der Waals surface area contributed by atoms with Crippen LogP contribution in [0.25, 0.3) is 0 Å². The van der Waals surface area contributed by atoms with Gasteiger partial charge in [0.15, 0.2) is 0 Å². The van der Waals surface area contributed by atoms with Crippen LogP contribution in [-0.4, -0.2) is 9.55 Å². The van der Waals surface area contributed by atoms with Crippen LogP contribution < -0.4 is 0 Å². The van der Waals surface area contributed by atoms with Crippen LogP contribution in [0.15, 0.2) is 62.0 Å². The Morgan fingerprint density at radius 2 is 1.89 bits per heavy atom. The number of imidazole rings is 1. The Morgan fingerprint density at radius 1 is 1.11 bits per heavy atom. The van der Waals surface area contributed by atoms with Crippen molar-refractivity contribution in [2.75, 3.05) is 0 Å². The van der Waals surface area contributed by atoms with Gasteiger partial charge in [-0.2, -0.15) is 0 Å². The number of rotatable bonds is 7. The van der Waals surface area contributed by atoms with Gasteiger partial charge in [-0.3, -0.25) is 0 Å². The molecular formula is C17H20N2. The van der Waals surface area contributed by atoms with Crippen molar-refractivity contribution in [3.8, 4) is 0 Å². The average Bonchev–Trinajstić information content (AvgIpc) is 2.80. The second-order valence-electron chi connectivity index (χ2n) is 4.57. The van der Waals surface area contributed by atoms with Gasteiger partial charge in [0, 0.05) is 18.7 Å². The summed E-state index contributed by atoms with van der Waals surface area (Å²) in [6.07, 6.45) is 8.59. The highest BCUT2D eigenvalue weighted by atomic mass is 15.1. The summed E-state index contributed by atoms with van der Waals surface area (Å²) in [5, 5.41) is 0. The lowest BCUT2D eigenvalue weighted by Crippen LogP contribution is -2.05. The van der Waals surface area contributed by atoms with E-state index in [9.17, 15) is 0 Å². The first-order valence-corrected chi connectivity index (χ1v) is 6.63. The van der Waals surface area contributed by atoms with Gasteiger partial charge < -0.3 is 4.57 Å². The van der Waals surface area contributed by atoms with E-state index in [-0.39, 0.29) is 0 Å². The van der Waals surface area contributed by atoms with Gasteiger partial charge in [-0.15, -0.1) is 13.2 Å². The highest BCUT2D eigenvalue weighted by Crippen LogP contribution is 2.14. The number of allylic oxidation sites excluding steroid dienone is 2. The standard InChI is InChI=1S/C17H20N2/c1-3-5-12-17-16(9-4-2)18-14-19(17)13-15-10-7-6-8-11-15/h3-4,6-8,10-11,14H,1-2,5,9,12-13H2. The van der Waals surface area contributed by atoms with E-state index in [2.05, 4.69) is 47.0 Å². The maximum Gasteiger partial charge on any atom is 0.0954 e. The molecule has 0 aliphatic carbocycles. The van der Waals surface area contributed by atoms with Crippen molar-refractivity contribution in [2.45, 2.75) is 25.8 Å². The Balaban J connectivity index is 2.23. The normalized spacial score (nSPS) is 10.3. The molecule has 0 aliphatic heterocycles. The molecule has 0 fully saturated rings. The predicted molar refractivity (Wildman–Crippen MR) is 80.2 cm³/mol. The molecule has 0 atom stereocenters. The van der Waals surface area contributed by atoms with E-state index in [4.69, 9.17) is 0 Å². The first kappa shape index (κ1) is 13.3. The average molecular weight is 252 g/mol. The number of hydrogen-bond donors (Lipinski definition) is 0. The summed E-state index contributed by atoms with van der Waals surface area (Å²) in [5.74, 6) is 0. The van der Waals surface area contributed by atoms with Crippen LogP contribution in [0.3, 0.4) is 0 Å². The molecule has 2 nitrogen and oxygen atoms in total. The smallest absolute Gasteiger partial charge is 0.0954 e. The number of hydrogen-bond acceptors (Lipinski definition) is 1. The molecule has 0 N–H and O–H groups in total. The third-order valence-electron chi connectivity index (χ3n) is 3.15. The number of nitrogens with zero attached hydrogens (tertiary/aromatic N) is 2. The zero-order valence-electron chi connectivity index (χ0n) is 11.3. The highest BCUT2D eigenvalue weighted by molar-refractivity contribution is 5.21. The summed E-state index contributed by atoms with van der Waals surface area (Å²) >= 11 is 0. The van der Waals surface area contributed by atoms with Crippen molar-refractivity contribution in [1.82, 2.24) is 9.55 Å². The topological polar surface area (TPSA) is 17.8 Å². The molecule has 0 bridgehead atoms. The Morgan fingerprint density at radius 3 is 2.58 bits per heavy atom. The molecule has 0 radical (unpaired) electrons. The molecule has 1 aromatic heterocycles. The van der Waals surface area contributed by atoms with Gasteiger partial charge >= 0.3 is 0 Å². The molecule has 1 heterocycles. The van der Waals surface area contributed by atoms with Crippen molar-refractivity contribution >= 4 is 0 Å². The lowest BCUT2D eigenvalue weighted by Gasteiger charge is -2.09. The van der Waals surface area contributed by atoms with Crippen LogP contribution in [0.2, 0.25) is 0 Å². The minimum Gasteiger partial charge on any atom is -0.330 e. The molecule has 0 aliphatic rings. The molecule has 2 rings (SSSR count). The molecule has 2 aromatic rings. The van der Waals surface area contributed by atoms with E-state index < -0.39 is 0 Å². The summed E-state index contributed by atoms with van der Waals surface area (Å²) in [7, 11) is 0. The molecule has 2 heteroatoms. The molecule has 19 heavy (non-hydrogen) atoms. The quantitative estimate of drug-likeness (QED) is 0.686. The van der Waals surface area contributed by atoms with Crippen LogP contribution in [-0.2, 0) is 19.4 Å². The van der Waals surface area contributed by atoms with Crippen LogP contribution in [0.1, 0.15) is 23.4 Å². The number of benzene rings is 1. The fourth-order valence-corrected chi connectivity index (χ4v) is 2.20. The van der Waals surface area contributed by atoms with Crippen LogP contribution in [0, 0.1) is 0 Å². The van der Waals surface area contributed by atoms with Crippen LogP contribution in [0.4, 0.5) is 0 Å². The van der Waals surface area contributed by atoms with Crippen LogP contribution >= 0.6 is 0 Å². The third kappa shape index (κ3) is 3.44. The molecule has 0 spiro atoms. The first-order valence-electron chi connectivity index (χ1n) is 6.63. The summed E-state index contributed by atoms with van der Waals surface area (Å²) < 4.78 is 2.23. The summed E-state index contributed by atoms with van der Waals surface area (Å²) in [4.78, 5) is 4.51. The predicted octanol–water partition coefficient (Wildman–Crippen LogP) is 3.78. The number of aromatic nitrogens is 2. The van der Waals surface area contributed by atoms with Crippen molar-refractivity contribution < 1.29 is 0 Å². The molecule has 98 valence electrons. The van der Waals surface area contributed by atoms with E-state index in [1.807, 2.05) is 24.5 Å². The second-order valence-corrected chi connectivity index (χ2v) is 4.57. The maximum atomic E-state index is 4.51. The van der Waals surface area contributed by atoms with Gasteiger partial charge in [0.1, 0.15) is 0 Å². The fourth-order valence-electron chi connectivity index (χ4n) is 2.20. The second kappa shape index (κ2) is 6.74. The lowest BCUT2D eigenvalue weighted by atomic mass is 10.1. The minimum atomic E-state index is 0.828. The Labute approximate surface area is 115 Å². The maximum absolute atomic E-state index is 4.51. The Hall–Kier alpha value is -2.09. The Kier molecular flexibility index (Phi) is 4.73. The van der Waals surface area contributed by atoms with E-state index in [0.717, 1.165) is 31.5 Å². The Bertz CT molecular complexity index is 538. The minimum absolute atomic E-state index is 0.828. The van der Waals surface area contributed by atoms with Gasteiger partial charge in [0.05, 0.1) is 12.0 Å². The SMILES string of the molecule is C=CCCc1c(CC=C)ncn1Cc1ccccc1. The highest BCUT2D eigenvalue weighted by Gasteiger charge is 2.09. The zero-order valence-corrected chi connectivity index (χ0v) is 11.3. The molecule has 0 saturated heterocycles. The van der Waals surface area contributed by atoms with Crippen molar-refractivity contribution in [3.05, 3.63) is 78.9 Å². The largest absolute Gasteiger partial charge is 0.330 e. The van der Waals surface area contributed by atoms with E-state index in [1.54, 1.807) is 0 Å². The summed E-state index contributed by atoms with van der Waals surface area (Å²) in [5.41, 5.74) is 3.72. The van der Waals surface area contributed by atoms with Crippen molar-refractivity contribution in [1.29, 1.82) is 0 Å². The molecule has 0 amide bonds. The van der Waals surface area contributed by atoms with Crippen molar-refractivity contribution in [2.24, 2.45) is 0 Å². The summed E-state index contributed by atoms with van der Waals surface area (Å²) in [6, 6.07) is 10.5. The third-order valence-corrected chi connectivity index (χ3v) is 3.15.